The van der Waals surface area contributed by atoms with Gasteiger partial charge in [0.15, 0.2) is 5.96 Å². The van der Waals surface area contributed by atoms with Gasteiger partial charge >= 0.3 is 0 Å². The predicted octanol–water partition coefficient (Wildman–Crippen LogP) is 2.95. The van der Waals surface area contributed by atoms with E-state index < -0.39 is 0 Å². The van der Waals surface area contributed by atoms with Crippen LogP contribution in [-0.2, 0) is 11.2 Å². The van der Waals surface area contributed by atoms with Crippen molar-refractivity contribution in [1.29, 1.82) is 0 Å². The second-order valence-corrected chi connectivity index (χ2v) is 5.36. The zero-order chi connectivity index (χ0) is 14.8. The van der Waals surface area contributed by atoms with Crippen LogP contribution in [0, 0.1) is 0 Å². The standard InChI is InChI=1S/C16H27N3O2.HI/c1-2-3-9-17-16(19-13-15-7-5-12-21-15)18-10-8-14-6-4-11-20-14;/h4,6,11,15H,2-3,5,7-10,12-13H2,1H3,(H2,17,18,19);1H. The number of guanidine groups is 1. The van der Waals surface area contributed by atoms with E-state index in [1.54, 1.807) is 6.26 Å². The van der Waals surface area contributed by atoms with Crippen LogP contribution < -0.4 is 10.6 Å². The Hall–Kier alpha value is -0.760. The molecule has 22 heavy (non-hydrogen) atoms. The Morgan fingerprint density at radius 1 is 1.36 bits per heavy atom. The number of hydrogen-bond acceptors (Lipinski definition) is 3. The van der Waals surface area contributed by atoms with Gasteiger partial charge in [0.25, 0.3) is 0 Å². The molecule has 0 bridgehead atoms. The molecule has 1 fully saturated rings. The highest BCUT2D eigenvalue weighted by Crippen LogP contribution is 2.11. The van der Waals surface area contributed by atoms with E-state index in [-0.39, 0.29) is 24.0 Å². The third-order valence-corrected chi connectivity index (χ3v) is 3.54. The van der Waals surface area contributed by atoms with Gasteiger partial charge in [-0.25, -0.2) is 0 Å². The molecular weight excluding hydrogens is 393 g/mol. The molecule has 1 unspecified atom stereocenters. The van der Waals surface area contributed by atoms with Crippen LogP contribution in [0.25, 0.3) is 0 Å². The molecule has 1 atom stereocenters. The first kappa shape index (κ1) is 19.3. The maximum atomic E-state index is 5.61. The van der Waals surface area contributed by atoms with Gasteiger partial charge in [0, 0.05) is 26.1 Å². The number of nitrogens with zero attached hydrogens (tertiary/aromatic N) is 1. The molecule has 126 valence electrons. The molecule has 0 amide bonds. The van der Waals surface area contributed by atoms with Crippen molar-refractivity contribution in [3.05, 3.63) is 24.2 Å². The average Bonchev–Trinajstić information content (AvgIpc) is 3.18. The van der Waals surface area contributed by atoms with Crippen LogP contribution in [0.5, 0.6) is 0 Å². The number of halogens is 1. The summed E-state index contributed by atoms with van der Waals surface area (Å²) in [5.74, 6) is 1.88. The molecule has 2 heterocycles. The molecule has 6 heteroatoms. The van der Waals surface area contributed by atoms with Crippen LogP contribution in [0.4, 0.5) is 0 Å². The number of furan rings is 1. The number of unbranched alkanes of at least 4 members (excludes halogenated alkanes) is 1. The minimum absolute atomic E-state index is 0. The summed E-state index contributed by atoms with van der Waals surface area (Å²) in [6, 6.07) is 3.91. The largest absolute Gasteiger partial charge is 0.469 e. The monoisotopic (exact) mass is 421 g/mol. The van der Waals surface area contributed by atoms with Gasteiger partial charge in [0.2, 0.25) is 0 Å². The number of nitrogens with one attached hydrogen (secondary N) is 2. The van der Waals surface area contributed by atoms with Crippen molar-refractivity contribution < 1.29 is 9.15 Å². The third kappa shape index (κ3) is 7.49. The SMILES string of the molecule is CCCCNC(=NCC1CCCO1)NCCc1ccco1.I. The molecule has 1 saturated heterocycles. The fraction of sp³-hybridized carbons (Fsp3) is 0.688. The highest BCUT2D eigenvalue weighted by atomic mass is 127. The molecule has 2 N–H and O–H groups in total. The third-order valence-electron chi connectivity index (χ3n) is 3.54. The van der Waals surface area contributed by atoms with Gasteiger partial charge < -0.3 is 19.8 Å². The van der Waals surface area contributed by atoms with Gasteiger partial charge in [-0.15, -0.1) is 24.0 Å². The molecule has 0 aromatic carbocycles. The summed E-state index contributed by atoms with van der Waals surface area (Å²) in [4.78, 5) is 4.64. The van der Waals surface area contributed by atoms with Crippen LogP contribution in [0.3, 0.4) is 0 Å². The molecule has 0 saturated carbocycles. The Morgan fingerprint density at radius 2 is 2.23 bits per heavy atom. The highest BCUT2D eigenvalue weighted by molar-refractivity contribution is 14.0. The van der Waals surface area contributed by atoms with Gasteiger partial charge in [0.1, 0.15) is 5.76 Å². The van der Waals surface area contributed by atoms with Crippen molar-refractivity contribution in [2.75, 3.05) is 26.2 Å². The Balaban J connectivity index is 0.00000242. The summed E-state index contributed by atoms with van der Waals surface area (Å²) in [6.45, 7) is 5.58. The number of rotatable bonds is 8. The molecule has 5 nitrogen and oxygen atoms in total. The fourth-order valence-corrected chi connectivity index (χ4v) is 2.30. The summed E-state index contributed by atoms with van der Waals surface area (Å²) in [7, 11) is 0. The number of hydrogen-bond donors (Lipinski definition) is 2. The predicted molar refractivity (Wildman–Crippen MR) is 100 cm³/mol. The van der Waals surface area contributed by atoms with Crippen LogP contribution in [0.2, 0.25) is 0 Å². The van der Waals surface area contributed by atoms with Crippen LogP contribution in [-0.4, -0.2) is 38.3 Å². The van der Waals surface area contributed by atoms with E-state index in [1.807, 2.05) is 12.1 Å². The van der Waals surface area contributed by atoms with Crippen molar-refractivity contribution in [2.45, 2.75) is 45.1 Å². The lowest BCUT2D eigenvalue weighted by molar-refractivity contribution is 0.117. The van der Waals surface area contributed by atoms with E-state index in [1.165, 1.54) is 6.42 Å². The normalized spacial score (nSPS) is 18.0. The summed E-state index contributed by atoms with van der Waals surface area (Å²) < 4.78 is 10.9. The highest BCUT2D eigenvalue weighted by Gasteiger charge is 2.14. The van der Waals surface area contributed by atoms with Crippen LogP contribution in [0.15, 0.2) is 27.8 Å². The number of ether oxygens (including phenoxy) is 1. The van der Waals surface area contributed by atoms with Crippen molar-refractivity contribution in [1.82, 2.24) is 10.6 Å². The zero-order valence-electron chi connectivity index (χ0n) is 13.3. The van der Waals surface area contributed by atoms with Crippen LogP contribution in [0.1, 0.15) is 38.4 Å². The van der Waals surface area contributed by atoms with E-state index in [0.717, 1.165) is 63.6 Å². The van der Waals surface area contributed by atoms with Crippen molar-refractivity contribution in [3.8, 4) is 0 Å². The lowest BCUT2D eigenvalue weighted by Gasteiger charge is -2.13. The first-order valence-corrected chi connectivity index (χ1v) is 8.04. The van der Waals surface area contributed by atoms with E-state index in [0.29, 0.717) is 6.10 Å². The van der Waals surface area contributed by atoms with Gasteiger partial charge in [-0.1, -0.05) is 13.3 Å². The Labute approximate surface area is 150 Å². The van der Waals surface area contributed by atoms with Gasteiger partial charge in [-0.05, 0) is 31.4 Å². The maximum Gasteiger partial charge on any atom is 0.191 e. The van der Waals surface area contributed by atoms with Crippen molar-refractivity contribution >= 4 is 29.9 Å². The molecule has 0 spiro atoms. The number of aliphatic imine (C=N–C) groups is 1. The molecular formula is C16H28IN3O2. The quantitative estimate of drug-likeness (QED) is 0.293. The summed E-state index contributed by atoms with van der Waals surface area (Å²) >= 11 is 0. The second kappa shape index (κ2) is 11.8. The lowest BCUT2D eigenvalue weighted by atomic mass is 10.2. The van der Waals surface area contributed by atoms with E-state index >= 15 is 0 Å². The summed E-state index contributed by atoms with van der Waals surface area (Å²) in [5.41, 5.74) is 0. The first-order valence-electron chi connectivity index (χ1n) is 8.04. The Kier molecular flexibility index (Phi) is 10.3. The molecule has 1 aliphatic rings. The minimum atomic E-state index is 0. The smallest absolute Gasteiger partial charge is 0.191 e. The first-order chi connectivity index (χ1) is 10.4. The molecule has 0 aliphatic carbocycles. The molecule has 0 radical (unpaired) electrons. The lowest BCUT2D eigenvalue weighted by Crippen LogP contribution is -2.39. The van der Waals surface area contributed by atoms with E-state index in [2.05, 4.69) is 22.5 Å². The Morgan fingerprint density at radius 3 is 2.91 bits per heavy atom. The van der Waals surface area contributed by atoms with Crippen molar-refractivity contribution in [2.24, 2.45) is 4.99 Å². The van der Waals surface area contributed by atoms with E-state index in [9.17, 15) is 0 Å². The molecule has 1 aromatic heterocycles. The maximum absolute atomic E-state index is 5.61. The van der Waals surface area contributed by atoms with Crippen molar-refractivity contribution in [3.63, 3.8) is 0 Å². The fourth-order valence-electron chi connectivity index (χ4n) is 2.30. The topological polar surface area (TPSA) is 58.8 Å². The average molecular weight is 421 g/mol. The summed E-state index contributed by atoms with van der Waals surface area (Å²) in [6.07, 6.45) is 7.47. The molecule has 2 rings (SSSR count). The summed E-state index contributed by atoms with van der Waals surface area (Å²) in [5, 5.41) is 6.74. The van der Waals surface area contributed by atoms with Gasteiger partial charge in [-0.2, -0.15) is 0 Å². The molecule has 1 aliphatic heterocycles. The van der Waals surface area contributed by atoms with E-state index in [4.69, 9.17) is 9.15 Å². The zero-order valence-corrected chi connectivity index (χ0v) is 15.7. The second-order valence-electron chi connectivity index (χ2n) is 5.36. The minimum Gasteiger partial charge on any atom is -0.469 e. The van der Waals surface area contributed by atoms with Crippen LogP contribution >= 0.6 is 24.0 Å². The van der Waals surface area contributed by atoms with Gasteiger partial charge in [0.05, 0.1) is 18.9 Å². The van der Waals surface area contributed by atoms with Gasteiger partial charge in [-0.3, -0.25) is 4.99 Å². The molecule has 1 aromatic rings. The Bertz CT molecular complexity index is 404.